The van der Waals surface area contributed by atoms with Crippen LogP contribution < -0.4 is 0 Å². The highest BCUT2D eigenvalue weighted by atomic mass is 79.9. The molecule has 2 heteroatoms. The van der Waals surface area contributed by atoms with Gasteiger partial charge in [0.2, 0.25) is 0 Å². The van der Waals surface area contributed by atoms with E-state index in [1.165, 1.54) is 29.1 Å². The Hall–Kier alpha value is 0.180. The molecule has 0 radical (unpaired) electrons. The Labute approximate surface area is 101 Å². The van der Waals surface area contributed by atoms with Crippen molar-refractivity contribution in [3.63, 3.8) is 0 Å². The van der Waals surface area contributed by atoms with Crippen molar-refractivity contribution >= 4 is 31.9 Å². The molecule has 0 aromatic heterocycles. The summed E-state index contributed by atoms with van der Waals surface area (Å²) in [5, 5.41) is 1.17. The number of hydrogen-bond acceptors (Lipinski definition) is 0. The molecule has 1 spiro atoms. The fourth-order valence-electron chi connectivity index (χ4n) is 2.98. The molecule has 0 heterocycles. The van der Waals surface area contributed by atoms with Crippen molar-refractivity contribution in [1.82, 2.24) is 0 Å². The Balaban J connectivity index is 2.08. The number of benzene rings is 1. The van der Waals surface area contributed by atoms with Crippen LogP contribution in [0.15, 0.2) is 22.7 Å². The Morgan fingerprint density at radius 2 is 2.29 bits per heavy atom. The second kappa shape index (κ2) is 3.08. The van der Waals surface area contributed by atoms with Gasteiger partial charge >= 0.3 is 0 Å². The van der Waals surface area contributed by atoms with Crippen molar-refractivity contribution in [3.8, 4) is 0 Å². The summed E-state index contributed by atoms with van der Waals surface area (Å²) in [6.45, 7) is 0. The van der Waals surface area contributed by atoms with Gasteiger partial charge in [0.05, 0.1) is 0 Å². The molecule has 2 unspecified atom stereocenters. The molecule has 0 nitrogen and oxygen atoms in total. The minimum atomic E-state index is 0.558. The van der Waals surface area contributed by atoms with Gasteiger partial charge in [-0.3, -0.25) is 0 Å². The number of hydrogen-bond donors (Lipinski definition) is 0. The predicted molar refractivity (Wildman–Crippen MR) is 66.0 cm³/mol. The SMILES string of the molecule is BrCC1CC12CCc1c(Br)cccc12. The second-order valence-corrected chi connectivity index (χ2v) is 5.98. The van der Waals surface area contributed by atoms with Crippen molar-refractivity contribution < 1.29 is 0 Å². The first-order valence-electron chi connectivity index (χ1n) is 5.12. The minimum absolute atomic E-state index is 0.558. The molecular formula is C12H12Br2. The van der Waals surface area contributed by atoms with Crippen molar-refractivity contribution in [2.45, 2.75) is 24.7 Å². The summed E-state index contributed by atoms with van der Waals surface area (Å²) in [6, 6.07) is 6.68. The Bertz CT molecular complexity index is 386. The van der Waals surface area contributed by atoms with Gasteiger partial charge < -0.3 is 0 Å². The van der Waals surface area contributed by atoms with Crippen LogP contribution in [0, 0.1) is 5.92 Å². The third-order valence-electron chi connectivity index (χ3n) is 3.89. The van der Waals surface area contributed by atoms with Gasteiger partial charge in [-0.25, -0.2) is 0 Å². The van der Waals surface area contributed by atoms with E-state index in [-0.39, 0.29) is 0 Å². The first-order chi connectivity index (χ1) is 6.78. The molecule has 0 N–H and O–H groups in total. The molecule has 2 aliphatic carbocycles. The average molecular weight is 316 g/mol. The van der Waals surface area contributed by atoms with Crippen LogP contribution in [0.5, 0.6) is 0 Å². The van der Waals surface area contributed by atoms with E-state index in [0.29, 0.717) is 5.41 Å². The predicted octanol–water partition coefficient (Wildman–Crippen LogP) is 4.05. The average Bonchev–Trinajstić information content (AvgIpc) is 2.77. The Kier molecular flexibility index (Phi) is 2.07. The molecule has 1 saturated carbocycles. The molecule has 0 saturated heterocycles. The molecule has 3 rings (SSSR count). The van der Waals surface area contributed by atoms with Crippen LogP contribution in [-0.2, 0) is 11.8 Å². The van der Waals surface area contributed by atoms with Gasteiger partial charge in [0.1, 0.15) is 0 Å². The lowest BCUT2D eigenvalue weighted by Gasteiger charge is -2.10. The summed E-state index contributed by atoms with van der Waals surface area (Å²) < 4.78 is 1.31. The minimum Gasteiger partial charge on any atom is -0.0925 e. The van der Waals surface area contributed by atoms with Crippen molar-refractivity contribution in [2.75, 3.05) is 5.33 Å². The van der Waals surface area contributed by atoms with E-state index in [4.69, 9.17) is 0 Å². The maximum absolute atomic E-state index is 3.66. The first-order valence-corrected chi connectivity index (χ1v) is 7.03. The quantitative estimate of drug-likeness (QED) is 0.686. The van der Waals surface area contributed by atoms with E-state index in [9.17, 15) is 0 Å². The number of rotatable bonds is 1. The van der Waals surface area contributed by atoms with Crippen LogP contribution in [-0.4, -0.2) is 5.33 Å². The highest BCUT2D eigenvalue weighted by molar-refractivity contribution is 9.10. The molecule has 1 fully saturated rings. The van der Waals surface area contributed by atoms with Crippen LogP contribution in [0.3, 0.4) is 0 Å². The zero-order chi connectivity index (χ0) is 9.76. The molecule has 0 aliphatic heterocycles. The molecule has 2 atom stereocenters. The third-order valence-corrected chi connectivity index (χ3v) is 5.42. The highest BCUT2D eigenvalue weighted by Crippen LogP contribution is 2.62. The van der Waals surface area contributed by atoms with Crippen LogP contribution in [0.4, 0.5) is 0 Å². The molecule has 1 aromatic carbocycles. The molecular weight excluding hydrogens is 304 g/mol. The topological polar surface area (TPSA) is 0 Å². The number of halogens is 2. The lowest BCUT2D eigenvalue weighted by Crippen LogP contribution is -2.05. The Morgan fingerprint density at radius 3 is 3.00 bits per heavy atom. The van der Waals surface area contributed by atoms with Crippen LogP contribution in [0.25, 0.3) is 0 Å². The van der Waals surface area contributed by atoms with Gasteiger partial charge in [-0.15, -0.1) is 0 Å². The zero-order valence-electron chi connectivity index (χ0n) is 7.89. The van der Waals surface area contributed by atoms with E-state index in [1.807, 2.05) is 0 Å². The normalized spacial score (nSPS) is 33.4. The standard InChI is InChI=1S/C12H12Br2/c13-7-8-6-12(8)5-4-9-10(12)2-1-3-11(9)14/h1-3,8H,4-7H2. The second-order valence-electron chi connectivity index (χ2n) is 4.48. The molecule has 74 valence electrons. The van der Waals surface area contributed by atoms with Crippen molar-refractivity contribution in [3.05, 3.63) is 33.8 Å². The van der Waals surface area contributed by atoms with Crippen LogP contribution >= 0.6 is 31.9 Å². The molecule has 1 aromatic rings. The Morgan fingerprint density at radius 1 is 1.43 bits per heavy atom. The first kappa shape index (κ1) is 9.41. The molecule has 0 amide bonds. The van der Waals surface area contributed by atoms with E-state index < -0.39 is 0 Å². The van der Waals surface area contributed by atoms with Crippen LogP contribution in [0.1, 0.15) is 24.0 Å². The molecule has 2 aliphatic rings. The van der Waals surface area contributed by atoms with Gasteiger partial charge in [0.25, 0.3) is 0 Å². The summed E-state index contributed by atoms with van der Waals surface area (Å²) in [4.78, 5) is 0. The van der Waals surface area contributed by atoms with E-state index >= 15 is 0 Å². The van der Waals surface area contributed by atoms with Gasteiger partial charge in [0.15, 0.2) is 0 Å². The van der Waals surface area contributed by atoms with E-state index in [1.54, 1.807) is 11.1 Å². The van der Waals surface area contributed by atoms with Crippen molar-refractivity contribution in [2.24, 2.45) is 5.92 Å². The van der Waals surface area contributed by atoms with E-state index in [0.717, 1.165) is 5.92 Å². The fraction of sp³-hybridized carbons (Fsp3) is 0.500. The summed E-state index contributed by atoms with van der Waals surface area (Å²) in [7, 11) is 0. The molecule has 14 heavy (non-hydrogen) atoms. The maximum atomic E-state index is 3.66. The number of fused-ring (bicyclic) bond motifs is 2. The lowest BCUT2D eigenvalue weighted by molar-refractivity contribution is 0.628. The summed E-state index contributed by atoms with van der Waals surface area (Å²) >= 11 is 7.28. The molecule has 0 bridgehead atoms. The fourth-order valence-corrected chi connectivity index (χ4v) is 4.39. The summed E-state index contributed by atoms with van der Waals surface area (Å²) in [6.07, 6.45) is 4.02. The van der Waals surface area contributed by atoms with Gasteiger partial charge in [-0.05, 0) is 47.8 Å². The zero-order valence-corrected chi connectivity index (χ0v) is 11.1. The van der Waals surface area contributed by atoms with E-state index in [2.05, 4.69) is 50.1 Å². The van der Waals surface area contributed by atoms with Gasteiger partial charge in [-0.1, -0.05) is 44.0 Å². The lowest BCUT2D eigenvalue weighted by atomic mass is 9.96. The van der Waals surface area contributed by atoms with Gasteiger partial charge in [-0.2, -0.15) is 0 Å². The largest absolute Gasteiger partial charge is 0.0925 e. The highest BCUT2D eigenvalue weighted by Gasteiger charge is 2.57. The summed E-state index contributed by atoms with van der Waals surface area (Å²) in [5.41, 5.74) is 3.75. The monoisotopic (exact) mass is 314 g/mol. The smallest absolute Gasteiger partial charge is 0.0210 e. The third kappa shape index (κ3) is 1.10. The summed E-state index contributed by atoms with van der Waals surface area (Å²) in [5.74, 6) is 0.887. The number of alkyl halides is 1. The van der Waals surface area contributed by atoms with Crippen LogP contribution in [0.2, 0.25) is 0 Å². The van der Waals surface area contributed by atoms with Gasteiger partial charge in [0, 0.05) is 9.80 Å². The maximum Gasteiger partial charge on any atom is 0.0210 e. The van der Waals surface area contributed by atoms with Crippen molar-refractivity contribution in [1.29, 1.82) is 0 Å².